The highest BCUT2D eigenvalue weighted by molar-refractivity contribution is 8.18. The highest BCUT2D eigenvalue weighted by Crippen LogP contribution is 2.39. The molecule has 2 aromatic carbocycles. The third-order valence-corrected chi connectivity index (χ3v) is 8.46. The van der Waals surface area contributed by atoms with E-state index >= 15 is 0 Å². The van der Waals surface area contributed by atoms with Crippen LogP contribution in [0.5, 0.6) is 0 Å². The Morgan fingerprint density at radius 3 is 2.50 bits per heavy atom. The molecule has 4 amide bonds. The number of thioether (sulfide) groups is 1. The average Bonchev–Trinajstić information content (AvgIpc) is 3.58. The summed E-state index contributed by atoms with van der Waals surface area (Å²) in [5.74, 6) is -1.56. The van der Waals surface area contributed by atoms with Gasteiger partial charge in [0.1, 0.15) is 4.90 Å². The lowest BCUT2D eigenvalue weighted by atomic mass is 10.1. The van der Waals surface area contributed by atoms with E-state index in [0.717, 1.165) is 26.5 Å². The van der Waals surface area contributed by atoms with Crippen LogP contribution in [0.4, 0.5) is 4.79 Å². The first-order chi connectivity index (χ1) is 16.3. The number of imide groups is 1. The van der Waals surface area contributed by atoms with E-state index < -0.39 is 33.0 Å². The molecule has 1 aliphatic carbocycles. The highest BCUT2D eigenvalue weighted by Gasteiger charge is 2.48. The predicted octanol–water partition coefficient (Wildman–Crippen LogP) is 2.46. The maximum Gasteiger partial charge on any atom is 0.293 e. The molecule has 3 aliphatic rings. The zero-order valence-corrected chi connectivity index (χ0v) is 19.4. The first kappa shape index (κ1) is 22.4. The number of hydrogen-bond donors (Lipinski definition) is 1. The fraction of sp³-hybridized carbons (Fsp3) is 0.217. The fourth-order valence-electron chi connectivity index (χ4n) is 3.84. The lowest BCUT2D eigenvalue weighted by molar-refractivity contribution is -0.122. The van der Waals surface area contributed by atoms with Crippen LogP contribution in [0.2, 0.25) is 0 Å². The largest absolute Gasteiger partial charge is 0.350 e. The molecule has 0 bridgehead atoms. The number of nitrogens with zero attached hydrogens (tertiary/aromatic N) is 2. The number of carbonyl (C=O) groups is 4. The summed E-state index contributed by atoms with van der Waals surface area (Å²) in [4.78, 5) is 51.1. The zero-order valence-electron chi connectivity index (χ0n) is 17.8. The van der Waals surface area contributed by atoms with Crippen LogP contribution < -0.4 is 5.32 Å². The quantitative estimate of drug-likeness (QED) is 0.609. The molecule has 0 aromatic heterocycles. The Morgan fingerprint density at radius 2 is 1.79 bits per heavy atom. The standard InChI is InChI=1S/C23H19N3O6S2/c27-20(15-6-9-17-19(13-15)34(31,32)26(21(17)28)16-7-8-16)24-10-11-25-22(29)18(33-23(25)30)12-14-4-2-1-3-5-14/h1-6,9,12-13,16H,7-8,10-11H2,(H,24,27)/b18-12+. The van der Waals surface area contributed by atoms with Gasteiger partial charge in [0.25, 0.3) is 33.0 Å². The third kappa shape index (κ3) is 3.90. The number of sulfonamides is 1. The van der Waals surface area contributed by atoms with Gasteiger partial charge in [-0.1, -0.05) is 30.3 Å². The van der Waals surface area contributed by atoms with Gasteiger partial charge in [0.15, 0.2) is 0 Å². The monoisotopic (exact) mass is 497 g/mol. The van der Waals surface area contributed by atoms with Gasteiger partial charge in [-0.15, -0.1) is 0 Å². The molecule has 1 saturated heterocycles. The van der Waals surface area contributed by atoms with Crippen LogP contribution >= 0.6 is 11.8 Å². The van der Waals surface area contributed by atoms with Crippen LogP contribution in [0, 0.1) is 0 Å². The molecule has 0 spiro atoms. The van der Waals surface area contributed by atoms with E-state index in [2.05, 4.69) is 5.32 Å². The normalized spacial score (nSPS) is 20.2. The Kier molecular flexibility index (Phi) is 5.53. The minimum Gasteiger partial charge on any atom is -0.350 e. The molecule has 0 unspecified atom stereocenters. The van der Waals surface area contributed by atoms with Crippen molar-refractivity contribution in [1.82, 2.24) is 14.5 Å². The second-order valence-corrected chi connectivity index (χ2v) is 10.8. The first-order valence-electron chi connectivity index (χ1n) is 10.6. The van der Waals surface area contributed by atoms with Gasteiger partial charge in [-0.05, 0) is 54.4 Å². The van der Waals surface area contributed by atoms with Gasteiger partial charge in [-0.2, -0.15) is 0 Å². The summed E-state index contributed by atoms with van der Waals surface area (Å²) in [6.45, 7) is -0.0355. The second-order valence-electron chi connectivity index (χ2n) is 8.05. The first-order valence-corrected chi connectivity index (χ1v) is 12.8. The molecule has 0 atom stereocenters. The molecule has 174 valence electrons. The summed E-state index contributed by atoms with van der Waals surface area (Å²) >= 11 is 0.835. The zero-order chi connectivity index (χ0) is 24.0. The second kappa shape index (κ2) is 8.41. The van der Waals surface area contributed by atoms with Gasteiger partial charge in [0.2, 0.25) is 0 Å². The Bertz CT molecular complexity index is 1370. The topological polar surface area (TPSA) is 121 Å². The number of hydrogen-bond acceptors (Lipinski definition) is 7. The summed E-state index contributed by atoms with van der Waals surface area (Å²) in [7, 11) is -3.97. The Labute approximate surface area is 199 Å². The van der Waals surface area contributed by atoms with Crippen molar-refractivity contribution in [2.24, 2.45) is 0 Å². The van der Waals surface area contributed by atoms with Crippen molar-refractivity contribution < 1.29 is 27.6 Å². The Balaban J connectivity index is 1.23. The van der Waals surface area contributed by atoms with Crippen LogP contribution in [-0.4, -0.2) is 59.7 Å². The van der Waals surface area contributed by atoms with Crippen LogP contribution in [0.25, 0.3) is 6.08 Å². The molecule has 2 aromatic rings. The molecular formula is C23H19N3O6S2. The van der Waals surface area contributed by atoms with Crippen molar-refractivity contribution in [3.63, 3.8) is 0 Å². The van der Waals surface area contributed by atoms with E-state index in [4.69, 9.17) is 0 Å². The van der Waals surface area contributed by atoms with E-state index in [-0.39, 0.29) is 35.2 Å². The lowest BCUT2D eigenvalue weighted by Crippen LogP contribution is -2.37. The SMILES string of the molecule is O=C(NCCN1C(=O)S/C(=C/c2ccccc2)C1=O)c1ccc2c(c1)S(=O)(=O)N(C1CC1)C2=O. The minimum atomic E-state index is -3.97. The van der Waals surface area contributed by atoms with E-state index in [1.807, 2.05) is 30.3 Å². The average molecular weight is 498 g/mol. The van der Waals surface area contributed by atoms with Crippen molar-refractivity contribution in [2.75, 3.05) is 13.1 Å². The number of fused-ring (bicyclic) bond motifs is 1. The van der Waals surface area contributed by atoms with Crippen molar-refractivity contribution in [2.45, 2.75) is 23.8 Å². The molecule has 1 N–H and O–H groups in total. The van der Waals surface area contributed by atoms with Crippen LogP contribution in [0.3, 0.4) is 0 Å². The van der Waals surface area contributed by atoms with Gasteiger partial charge in [0, 0.05) is 24.7 Å². The molecule has 34 heavy (non-hydrogen) atoms. The molecule has 2 heterocycles. The Morgan fingerprint density at radius 1 is 1.06 bits per heavy atom. The van der Waals surface area contributed by atoms with E-state index in [9.17, 15) is 27.6 Å². The molecule has 9 nitrogen and oxygen atoms in total. The van der Waals surface area contributed by atoms with E-state index in [1.165, 1.54) is 18.2 Å². The minimum absolute atomic E-state index is 0.00749. The number of amides is 4. The van der Waals surface area contributed by atoms with Crippen molar-refractivity contribution in [1.29, 1.82) is 0 Å². The number of carbonyl (C=O) groups excluding carboxylic acids is 4. The summed E-state index contributed by atoms with van der Waals surface area (Å²) in [5.41, 5.74) is 0.934. The van der Waals surface area contributed by atoms with Crippen LogP contribution in [0.15, 0.2) is 58.3 Å². The van der Waals surface area contributed by atoms with Crippen molar-refractivity contribution >= 4 is 50.8 Å². The molecular weight excluding hydrogens is 478 g/mol. The lowest BCUT2D eigenvalue weighted by Gasteiger charge is -2.13. The molecule has 2 fully saturated rings. The molecule has 0 radical (unpaired) electrons. The number of rotatable bonds is 6. The molecule has 5 rings (SSSR count). The van der Waals surface area contributed by atoms with E-state index in [0.29, 0.717) is 17.7 Å². The Hall–Kier alpha value is -3.44. The van der Waals surface area contributed by atoms with Crippen LogP contribution in [-0.2, 0) is 14.8 Å². The molecule has 1 saturated carbocycles. The molecule has 2 aliphatic heterocycles. The third-order valence-electron chi connectivity index (χ3n) is 5.68. The summed E-state index contributed by atoms with van der Waals surface area (Å²) < 4.78 is 26.4. The van der Waals surface area contributed by atoms with Crippen molar-refractivity contribution in [3.8, 4) is 0 Å². The van der Waals surface area contributed by atoms with Gasteiger partial charge >= 0.3 is 0 Å². The summed E-state index contributed by atoms with van der Waals surface area (Å²) in [6, 6.07) is 12.8. The highest BCUT2D eigenvalue weighted by atomic mass is 32.2. The molecule has 11 heteroatoms. The van der Waals surface area contributed by atoms with Gasteiger partial charge in [0.05, 0.1) is 10.5 Å². The van der Waals surface area contributed by atoms with E-state index in [1.54, 1.807) is 6.08 Å². The van der Waals surface area contributed by atoms with Crippen molar-refractivity contribution in [3.05, 3.63) is 70.1 Å². The maximum atomic E-state index is 12.8. The summed E-state index contributed by atoms with van der Waals surface area (Å²) in [6.07, 6.45) is 2.92. The number of benzene rings is 2. The van der Waals surface area contributed by atoms with Gasteiger partial charge in [-0.25, -0.2) is 12.7 Å². The van der Waals surface area contributed by atoms with Crippen LogP contribution in [0.1, 0.15) is 39.1 Å². The number of nitrogens with one attached hydrogen (secondary N) is 1. The smallest absolute Gasteiger partial charge is 0.293 e. The maximum absolute atomic E-state index is 12.8. The fourth-order valence-corrected chi connectivity index (χ4v) is 6.54. The summed E-state index contributed by atoms with van der Waals surface area (Å²) in [5, 5.41) is 2.17. The predicted molar refractivity (Wildman–Crippen MR) is 124 cm³/mol. The van der Waals surface area contributed by atoms with Gasteiger partial charge < -0.3 is 5.32 Å². The van der Waals surface area contributed by atoms with Gasteiger partial charge in [-0.3, -0.25) is 24.1 Å².